The zero-order valence-corrected chi connectivity index (χ0v) is 10.6. The number of amides is 1. The molecule has 6 heteroatoms. The average Bonchev–Trinajstić information content (AvgIpc) is 2.32. The molecule has 0 spiro atoms. The second-order valence-corrected chi connectivity index (χ2v) is 4.30. The van der Waals surface area contributed by atoms with Gasteiger partial charge >= 0.3 is 0 Å². The van der Waals surface area contributed by atoms with Crippen LogP contribution in [0.1, 0.15) is 10.4 Å². The first-order valence-electron chi connectivity index (χ1n) is 4.97. The summed E-state index contributed by atoms with van der Waals surface area (Å²) < 4.78 is 13.4. The van der Waals surface area contributed by atoms with Gasteiger partial charge in [0.2, 0.25) is 0 Å². The molecule has 0 fully saturated rings. The molecule has 1 aromatic heterocycles. The maximum atomic E-state index is 12.8. The number of nitrogens with one attached hydrogen (secondary N) is 1. The van der Waals surface area contributed by atoms with E-state index >= 15 is 0 Å². The van der Waals surface area contributed by atoms with E-state index in [-0.39, 0.29) is 5.56 Å². The van der Waals surface area contributed by atoms with Crippen molar-refractivity contribution in [3.05, 3.63) is 52.5 Å². The zero-order chi connectivity index (χ0) is 13.1. The highest BCUT2D eigenvalue weighted by molar-refractivity contribution is 9.10. The highest BCUT2D eigenvalue weighted by atomic mass is 79.9. The Kier molecular flexibility index (Phi) is 3.57. The minimum Gasteiger partial charge on any atom is -0.507 e. The normalized spacial score (nSPS) is 10.1. The summed E-state index contributed by atoms with van der Waals surface area (Å²) in [6.07, 6.45) is 1.46. The highest BCUT2D eigenvalue weighted by Crippen LogP contribution is 2.19. The van der Waals surface area contributed by atoms with Crippen LogP contribution >= 0.6 is 15.9 Å². The number of benzene rings is 1. The molecule has 1 heterocycles. The number of nitrogens with zero attached hydrogens (tertiary/aromatic N) is 1. The monoisotopic (exact) mass is 310 g/mol. The number of aromatic hydroxyl groups is 1. The Bertz CT molecular complexity index is 587. The first kappa shape index (κ1) is 12.5. The zero-order valence-electron chi connectivity index (χ0n) is 9.02. The number of aromatic nitrogens is 1. The van der Waals surface area contributed by atoms with Crippen LogP contribution < -0.4 is 5.32 Å². The number of phenols is 1. The van der Waals surface area contributed by atoms with Crippen LogP contribution in [0.3, 0.4) is 0 Å². The second-order valence-electron chi connectivity index (χ2n) is 3.49. The van der Waals surface area contributed by atoms with Crippen molar-refractivity contribution >= 4 is 27.5 Å². The fourth-order valence-electron chi connectivity index (χ4n) is 1.34. The summed E-state index contributed by atoms with van der Waals surface area (Å²) in [6.45, 7) is 0. The van der Waals surface area contributed by atoms with Crippen molar-refractivity contribution in [2.24, 2.45) is 0 Å². The van der Waals surface area contributed by atoms with Crippen molar-refractivity contribution in [1.82, 2.24) is 4.98 Å². The molecule has 0 unspecified atom stereocenters. The summed E-state index contributed by atoms with van der Waals surface area (Å²) in [6, 6.07) is 6.52. The molecule has 0 atom stereocenters. The molecule has 2 rings (SSSR count). The average molecular weight is 311 g/mol. The van der Waals surface area contributed by atoms with E-state index in [0.29, 0.717) is 10.3 Å². The lowest BCUT2D eigenvalue weighted by Gasteiger charge is -2.06. The van der Waals surface area contributed by atoms with Crippen molar-refractivity contribution in [3.63, 3.8) is 0 Å². The van der Waals surface area contributed by atoms with Crippen molar-refractivity contribution in [1.29, 1.82) is 0 Å². The van der Waals surface area contributed by atoms with E-state index in [1.165, 1.54) is 12.3 Å². The van der Waals surface area contributed by atoms with Gasteiger partial charge in [-0.05, 0) is 40.2 Å². The minimum atomic E-state index is -0.602. The molecule has 0 radical (unpaired) electrons. The van der Waals surface area contributed by atoms with Crippen LogP contribution in [0.2, 0.25) is 0 Å². The highest BCUT2D eigenvalue weighted by Gasteiger charge is 2.12. The number of carbonyl (C=O) groups is 1. The molecule has 1 aromatic carbocycles. The number of phenolic OH excluding ortho intramolecular Hbond substituents is 1. The Labute approximate surface area is 111 Å². The first-order chi connectivity index (χ1) is 8.56. The molecule has 0 aliphatic rings. The van der Waals surface area contributed by atoms with E-state index in [4.69, 9.17) is 0 Å². The largest absolute Gasteiger partial charge is 0.507 e. The Balaban J connectivity index is 2.19. The number of pyridine rings is 1. The molecule has 2 aromatic rings. The third kappa shape index (κ3) is 2.84. The van der Waals surface area contributed by atoms with Gasteiger partial charge in [-0.15, -0.1) is 0 Å². The van der Waals surface area contributed by atoms with Crippen LogP contribution in [0, 0.1) is 5.82 Å². The summed E-state index contributed by atoms with van der Waals surface area (Å²) in [5.74, 6) is -1.54. The Morgan fingerprint density at radius 1 is 1.33 bits per heavy atom. The minimum absolute atomic E-state index is 0.000631. The van der Waals surface area contributed by atoms with Gasteiger partial charge in [0.25, 0.3) is 5.91 Å². The topological polar surface area (TPSA) is 62.2 Å². The number of carbonyl (C=O) groups excluding carboxylic acids is 1. The Morgan fingerprint density at radius 2 is 2.11 bits per heavy atom. The molecule has 1 amide bonds. The molecule has 4 nitrogen and oxygen atoms in total. The van der Waals surface area contributed by atoms with Crippen molar-refractivity contribution in [2.45, 2.75) is 0 Å². The van der Waals surface area contributed by atoms with Gasteiger partial charge in [0.15, 0.2) is 0 Å². The van der Waals surface area contributed by atoms with Gasteiger partial charge in [0.05, 0.1) is 17.4 Å². The predicted molar refractivity (Wildman–Crippen MR) is 68.0 cm³/mol. The van der Waals surface area contributed by atoms with Crippen LogP contribution in [-0.2, 0) is 0 Å². The number of halogens is 2. The molecule has 0 aliphatic carbocycles. The fraction of sp³-hybridized carbons (Fsp3) is 0. The van der Waals surface area contributed by atoms with E-state index in [9.17, 15) is 14.3 Å². The number of rotatable bonds is 2. The second kappa shape index (κ2) is 5.14. The van der Waals surface area contributed by atoms with E-state index in [0.717, 1.165) is 12.1 Å². The van der Waals surface area contributed by atoms with Gasteiger partial charge in [0, 0.05) is 6.07 Å². The van der Waals surface area contributed by atoms with Crippen LogP contribution in [0.15, 0.2) is 41.1 Å². The Hall–Kier alpha value is -1.95. The third-order valence-corrected chi connectivity index (χ3v) is 2.66. The van der Waals surface area contributed by atoms with Crippen molar-refractivity contribution in [3.8, 4) is 5.75 Å². The van der Waals surface area contributed by atoms with E-state index in [1.807, 2.05) is 0 Å². The van der Waals surface area contributed by atoms with E-state index < -0.39 is 17.5 Å². The summed E-state index contributed by atoms with van der Waals surface area (Å²) in [5, 5.41) is 12.0. The molecule has 0 aliphatic heterocycles. The number of hydrogen-bond donors (Lipinski definition) is 2. The maximum Gasteiger partial charge on any atom is 0.259 e. The standard InChI is InChI=1S/C12H8BrFN2O2/c13-11-4-2-8(6-15-11)16-12(18)9-3-1-7(14)5-10(9)17/h1-6,17H,(H,16,18). The van der Waals surface area contributed by atoms with Crippen molar-refractivity contribution in [2.75, 3.05) is 5.32 Å². The van der Waals surface area contributed by atoms with Gasteiger partial charge in [-0.1, -0.05) is 0 Å². The molecule has 0 bridgehead atoms. The molecule has 0 saturated heterocycles. The lowest BCUT2D eigenvalue weighted by atomic mass is 10.2. The van der Waals surface area contributed by atoms with E-state index in [1.54, 1.807) is 12.1 Å². The molecule has 18 heavy (non-hydrogen) atoms. The summed E-state index contributed by atoms with van der Waals surface area (Å²) in [5.41, 5.74) is 0.478. The maximum absolute atomic E-state index is 12.8. The lowest BCUT2D eigenvalue weighted by Crippen LogP contribution is -2.12. The summed E-state index contributed by atoms with van der Waals surface area (Å²) in [4.78, 5) is 15.7. The number of hydrogen-bond acceptors (Lipinski definition) is 3. The third-order valence-electron chi connectivity index (χ3n) is 2.19. The first-order valence-corrected chi connectivity index (χ1v) is 5.77. The van der Waals surface area contributed by atoms with Crippen molar-refractivity contribution < 1.29 is 14.3 Å². The van der Waals surface area contributed by atoms with Gasteiger partial charge in [-0.25, -0.2) is 9.37 Å². The van der Waals surface area contributed by atoms with E-state index in [2.05, 4.69) is 26.2 Å². The molecular weight excluding hydrogens is 303 g/mol. The fourth-order valence-corrected chi connectivity index (χ4v) is 1.58. The molecule has 92 valence electrons. The molecule has 0 saturated carbocycles. The molecular formula is C12H8BrFN2O2. The SMILES string of the molecule is O=C(Nc1ccc(Br)nc1)c1ccc(F)cc1O. The van der Waals surface area contributed by atoms with Gasteiger partial charge < -0.3 is 10.4 Å². The predicted octanol–water partition coefficient (Wildman–Crippen LogP) is 2.94. The van der Waals surface area contributed by atoms with Crippen LogP contribution in [-0.4, -0.2) is 16.0 Å². The smallest absolute Gasteiger partial charge is 0.259 e. The van der Waals surface area contributed by atoms with Crippen LogP contribution in [0.5, 0.6) is 5.75 Å². The van der Waals surface area contributed by atoms with Gasteiger partial charge in [-0.3, -0.25) is 4.79 Å². The quantitative estimate of drug-likeness (QED) is 0.838. The molecule has 2 N–H and O–H groups in total. The number of anilines is 1. The summed E-state index contributed by atoms with van der Waals surface area (Å²) >= 11 is 3.17. The summed E-state index contributed by atoms with van der Waals surface area (Å²) in [7, 11) is 0. The lowest BCUT2D eigenvalue weighted by molar-refractivity contribution is 0.102. The van der Waals surface area contributed by atoms with Gasteiger partial charge in [0.1, 0.15) is 16.2 Å². The van der Waals surface area contributed by atoms with Crippen LogP contribution in [0.25, 0.3) is 0 Å². The van der Waals surface area contributed by atoms with Crippen LogP contribution in [0.4, 0.5) is 10.1 Å². The Morgan fingerprint density at radius 3 is 2.72 bits per heavy atom. The van der Waals surface area contributed by atoms with Gasteiger partial charge in [-0.2, -0.15) is 0 Å².